The van der Waals surface area contributed by atoms with E-state index in [2.05, 4.69) is 41.6 Å². The molecule has 0 heterocycles. The van der Waals surface area contributed by atoms with Gasteiger partial charge < -0.3 is 37.5 Å². The van der Waals surface area contributed by atoms with Crippen LogP contribution in [0.2, 0.25) is 0 Å². The van der Waals surface area contributed by atoms with Crippen LogP contribution < -0.4 is 4.74 Å². The summed E-state index contributed by atoms with van der Waals surface area (Å²) in [6.45, 7) is 1.58. The van der Waals surface area contributed by atoms with E-state index in [1.54, 1.807) is 6.92 Å². The van der Waals surface area contributed by atoms with Gasteiger partial charge in [0.2, 0.25) is 11.7 Å². The zero-order valence-electron chi connectivity index (χ0n) is 30.5. The predicted molar refractivity (Wildman–Crippen MR) is 174 cm³/mol. The van der Waals surface area contributed by atoms with Crippen molar-refractivity contribution < 1.29 is 126 Å². The summed E-state index contributed by atoms with van der Waals surface area (Å²) < 4.78 is 247. The molecule has 2 rings (SSSR count). The van der Waals surface area contributed by atoms with Gasteiger partial charge in [-0.15, -0.1) is 0 Å². The number of ether oxygens (including phenoxy) is 6. The number of rotatable bonds is 19. The smallest absolute Gasteiger partial charge is 0.468 e. The molecule has 0 aliphatic rings. The van der Waals surface area contributed by atoms with Crippen LogP contribution in [0, 0.1) is 6.92 Å². The Morgan fingerprint density at radius 1 is 0.613 bits per heavy atom. The maximum atomic E-state index is 13.6. The van der Waals surface area contributed by atoms with Crippen LogP contribution in [0.5, 0.6) is 5.75 Å². The van der Waals surface area contributed by atoms with Crippen molar-refractivity contribution in [3.63, 3.8) is 0 Å². The Balaban J connectivity index is 0.000000620. The van der Waals surface area contributed by atoms with Gasteiger partial charge in [0, 0.05) is 12.8 Å². The Kier molecular flexibility index (Phi) is 18.3. The fourth-order valence-corrected chi connectivity index (χ4v) is 4.29. The Labute approximate surface area is 340 Å². The van der Waals surface area contributed by atoms with Gasteiger partial charge in [-0.3, -0.25) is 0 Å². The second-order valence-electron chi connectivity index (χ2n) is 11.5. The first kappa shape index (κ1) is 54.7. The van der Waals surface area contributed by atoms with Crippen molar-refractivity contribution in [3.8, 4) is 5.75 Å². The van der Waals surface area contributed by atoms with Crippen molar-refractivity contribution in [1.82, 2.24) is 0 Å². The Bertz CT molecular complexity index is 2160. The maximum Gasteiger partial charge on any atom is 0.468 e. The zero-order valence-corrected chi connectivity index (χ0v) is 32.2. The monoisotopic (exact) mass is 958 g/mol. The first-order chi connectivity index (χ1) is 28.0. The standard InChI is InChI=1S/2C16H14F6O8S/c1-9-3-5-11(6-4-9)29-13(24)15(16(20,21)22,30-12(23)10(2)17)28-8-7-14(18,19)31(25,26)27;1-10(17)12(23)30-15(16(20,21)22,29-8-7-14(18,19)31(25,26)27)13(24)28-9-11-5-3-2-4-6-11/h3-6H,2,7-8H2,1H3,(H,25,26,27);2-6H,1,7-9H2,(H,25,26,27)/p-2. The van der Waals surface area contributed by atoms with E-state index < -0.39 is 129 Å². The van der Waals surface area contributed by atoms with Gasteiger partial charge in [0.15, 0.2) is 20.2 Å². The number of benzene rings is 2. The van der Waals surface area contributed by atoms with Crippen LogP contribution in [0.25, 0.3) is 0 Å². The molecule has 0 saturated heterocycles. The SMILES string of the molecule is C=C(F)C(=O)OC(OCCC(F)(F)S(=O)(=O)[O-])(C(=O)OCc1ccccc1)C(F)(F)F.C=C(F)C(=O)OC(OCCC(F)(F)S(=O)(=O)[O-])(C(=O)Oc1ccc(C)cc1)C(F)(F)F. The van der Waals surface area contributed by atoms with E-state index in [9.17, 15) is 97.8 Å². The van der Waals surface area contributed by atoms with E-state index in [-0.39, 0.29) is 5.56 Å². The Hall–Kier alpha value is -5.30. The Morgan fingerprint density at radius 2 is 0.984 bits per heavy atom. The van der Waals surface area contributed by atoms with Gasteiger partial charge in [0.1, 0.15) is 12.4 Å². The van der Waals surface area contributed by atoms with Gasteiger partial charge in [0.25, 0.3) is 0 Å². The topological polar surface area (TPSA) is 238 Å². The Morgan fingerprint density at radius 3 is 1.32 bits per heavy atom. The number of hydrogen-bond donors (Lipinski definition) is 0. The zero-order chi connectivity index (χ0) is 48.3. The molecule has 0 saturated carbocycles. The van der Waals surface area contributed by atoms with Crippen molar-refractivity contribution in [2.24, 2.45) is 0 Å². The van der Waals surface area contributed by atoms with Crippen LogP contribution in [0.15, 0.2) is 79.4 Å². The summed E-state index contributed by atoms with van der Waals surface area (Å²) in [6, 6.07) is 11.6. The molecule has 0 fully saturated rings. The molecule has 2 atom stereocenters. The normalized spacial score (nSPS) is 14.4. The summed E-state index contributed by atoms with van der Waals surface area (Å²) in [4.78, 5) is 47.0. The molecular weight excluding hydrogens is 932 g/mol. The summed E-state index contributed by atoms with van der Waals surface area (Å²) in [5, 5.41) is -10.2. The maximum absolute atomic E-state index is 13.6. The fraction of sp³-hybridized carbons (Fsp3) is 0.375. The lowest BCUT2D eigenvalue weighted by molar-refractivity contribution is -0.356. The number of aryl methyl sites for hydroxylation is 1. The largest absolute Gasteiger partial charge is 0.743 e. The van der Waals surface area contributed by atoms with E-state index >= 15 is 0 Å². The molecule has 0 aliphatic carbocycles. The first-order valence-corrected chi connectivity index (χ1v) is 18.5. The molecule has 2 unspecified atom stereocenters. The fourth-order valence-electron chi connectivity index (χ4n) is 3.62. The van der Waals surface area contributed by atoms with Gasteiger partial charge in [0.05, 0.1) is 13.2 Å². The van der Waals surface area contributed by atoms with Crippen LogP contribution in [-0.2, 0) is 69.7 Å². The van der Waals surface area contributed by atoms with Crippen LogP contribution in [-0.4, -0.2) is 97.5 Å². The predicted octanol–water partition coefficient (Wildman–Crippen LogP) is 5.29. The highest BCUT2D eigenvalue weighted by Gasteiger charge is 2.69. The minimum absolute atomic E-state index is 0.150. The molecule has 0 N–H and O–H groups in total. The summed E-state index contributed by atoms with van der Waals surface area (Å²) >= 11 is 0. The number of hydrogen-bond acceptors (Lipinski definition) is 16. The summed E-state index contributed by atoms with van der Waals surface area (Å²) in [6.07, 6.45) is -16.4. The van der Waals surface area contributed by atoms with Crippen LogP contribution in [0.3, 0.4) is 0 Å². The average Bonchev–Trinajstić information content (AvgIpc) is 3.12. The summed E-state index contributed by atoms with van der Waals surface area (Å²) in [7, 11) is -12.6. The molecule has 0 bridgehead atoms. The quantitative estimate of drug-likeness (QED) is 0.0331. The molecule has 0 aromatic heterocycles. The van der Waals surface area contributed by atoms with Crippen molar-refractivity contribution in [3.05, 3.63) is 90.5 Å². The second kappa shape index (κ2) is 20.7. The third-order valence-electron chi connectivity index (χ3n) is 6.77. The molecule has 0 spiro atoms. The molecular formula is C32H26F12O16S2-2. The van der Waals surface area contributed by atoms with Crippen molar-refractivity contribution in [2.75, 3.05) is 13.2 Å². The van der Waals surface area contributed by atoms with E-state index in [0.29, 0.717) is 5.56 Å². The second-order valence-corrected chi connectivity index (χ2v) is 14.5. The van der Waals surface area contributed by atoms with Crippen LogP contribution in [0.4, 0.5) is 52.7 Å². The van der Waals surface area contributed by atoms with E-state index in [0.717, 1.165) is 12.1 Å². The third kappa shape index (κ3) is 14.7. The number of carbonyl (C=O) groups is 4. The number of esters is 4. The molecule has 16 nitrogen and oxygen atoms in total. The number of carbonyl (C=O) groups excluding carboxylic acids is 4. The third-order valence-corrected chi connectivity index (χ3v) is 8.64. The van der Waals surface area contributed by atoms with Crippen molar-refractivity contribution >= 4 is 44.1 Å². The van der Waals surface area contributed by atoms with Crippen LogP contribution >= 0.6 is 0 Å². The summed E-state index contributed by atoms with van der Waals surface area (Å²) in [5.41, 5.74) is 0.747. The molecule has 62 heavy (non-hydrogen) atoms. The lowest BCUT2D eigenvalue weighted by Crippen LogP contribution is -2.59. The van der Waals surface area contributed by atoms with E-state index in [1.807, 2.05) is 0 Å². The van der Waals surface area contributed by atoms with Crippen molar-refractivity contribution in [2.45, 2.75) is 60.8 Å². The number of halogens is 12. The highest BCUT2D eigenvalue weighted by molar-refractivity contribution is 7.87. The van der Waals surface area contributed by atoms with Crippen molar-refractivity contribution in [1.29, 1.82) is 0 Å². The van der Waals surface area contributed by atoms with Crippen LogP contribution in [0.1, 0.15) is 24.0 Å². The minimum Gasteiger partial charge on any atom is -0.743 e. The van der Waals surface area contributed by atoms with Gasteiger partial charge >= 0.3 is 58.3 Å². The van der Waals surface area contributed by atoms with Gasteiger partial charge in [-0.1, -0.05) is 61.2 Å². The van der Waals surface area contributed by atoms with E-state index in [4.69, 9.17) is 0 Å². The molecule has 0 radical (unpaired) electrons. The lowest BCUT2D eigenvalue weighted by atomic mass is 10.2. The molecule has 348 valence electrons. The first-order valence-electron chi connectivity index (χ1n) is 15.7. The molecule has 2 aromatic rings. The molecule has 30 heteroatoms. The highest BCUT2D eigenvalue weighted by atomic mass is 32.2. The van der Waals surface area contributed by atoms with Gasteiger partial charge in [-0.2, -0.15) is 52.7 Å². The molecule has 0 amide bonds. The lowest BCUT2D eigenvalue weighted by Gasteiger charge is -2.32. The average molecular weight is 959 g/mol. The highest BCUT2D eigenvalue weighted by Crippen LogP contribution is 2.40. The summed E-state index contributed by atoms with van der Waals surface area (Å²) in [5.74, 6) is -24.3. The van der Waals surface area contributed by atoms with Gasteiger partial charge in [-0.05, 0) is 24.6 Å². The minimum atomic E-state index is -6.31. The number of alkyl halides is 10. The molecule has 0 aliphatic heterocycles. The van der Waals surface area contributed by atoms with E-state index in [1.165, 1.54) is 42.5 Å². The van der Waals surface area contributed by atoms with Gasteiger partial charge in [-0.25, -0.2) is 36.0 Å². The molecule has 2 aromatic carbocycles.